The highest BCUT2D eigenvalue weighted by Gasteiger charge is 2.57. The number of alkyl halides is 1. The van der Waals surface area contributed by atoms with Crippen molar-refractivity contribution in [1.29, 1.82) is 0 Å². The second-order valence-corrected chi connectivity index (χ2v) is 10.6. The molecule has 0 amide bonds. The van der Waals surface area contributed by atoms with Gasteiger partial charge in [-0.25, -0.2) is 0 Å². The van der Waals surface area contributed by atoms with Crippen molar-refractivity contribution in [1.82, 2.24) is 0 Å². The average Bonchev–Trinajstić information content (AvgIpc) is 3.02. The zero-order chi connectivity index (χ0) is 22.7. The fourth-order valence-corrected chi connectivity index (χ4v) is 5.59. The number of esters is 1. The summed E-state index contributed by atoms with van der Waals surface area (Å²) in [7, 11) is 1.32. The Morgan fingerprint density at radius 1 is 1.13 bits per heavy atom. The first-order valence-corrected chi connectivity index (χ1v) is 12.1. The van der Waals surface area contributed by atoms with E-state index < -0.39 is 42.7 Å². The number of aliphatic hydroxyl groups is 2. The van der Waals surface area contributed by atoms with Gasteiger partial charge in [-0.2, -0.15) is 0 Å². The molecule has 0 saturated carbocycles. The third kappa shape index (κ3) is 6.39. The van der Waals surface area contributed by atoms with E-state index in [4.69, 9.17) is 25.8 Å². The lowest BCUT2D eigenvalue weighted by Crippen LogP contribution is -2.61. The van der Waals surface area contributed by atoms with E-state index in [2.05, 4.69) is 33.9 Å². The van der Waals surface area contributed by atoms with Gasteiger partial charge in [0.05, 0.1) is 31.8 Å². The molecule has 3 heterocycles. The van der Waals surface area contributed by atoms with E-state index in [0.29, 0.717) is 25.7 Å². The predicted octanol–water partition coefficient (Wildman–Crippen LogP) is 2.04. The summed E-state index contributed by atoms with van der Waals surface area (Å²) in [6, 6.07) is 0. The molecule has 0 aromatic carbocycles. The molecule has 0 radical (unpaired) electrons. The van der Waals surface area contributed by atoms with Gasteiger partial charge >= 0.3 is 5.97 Å². The number of aliphatic hydroxyl groups excluding tert-OH is 2. The van der Waals surface area contributed by atoms with Crippen LogP contribution in [0.1, 0.15) is 44.9 Å². The van der Waals surface area contributed by atoms with Gasteiger partial charge in [-0.1, -0.05) is 6.58 Å². The van der Waals surface area contributed by atoms with E-state index in [1.165, 1.54) is 7.11 Å². The molecule has 176 valence electrons. The molecule has 3 fully saturated rings. The highest BCUT2D eigenvalue weighted by molar-refractivity contribution is 14.1. The number of ether oxygens (including phenoxy) is 4. The number of ketones is 1. The van der Waals surface area contributed by atoms with Gasteiger partial charge in [0, 0.05) is 18.2 Å². The first kappa shape index (κ1) is 25.3. The predicted molar refractivity (Wildman–Crippen MR) is 120 cm³/mol. The number of hydrogen-bond donors (Lipinski definition) is 2. The molecular weight excluding hydrogens is 543 g/mol. The largest absolute Gasteiger partial charge is 0.469 e. The Labute approximate surface area is 200 Å². The smallest absolute Gasteiger partial charge is 0.308 e. The molecule has 0 aromatic heterocycles. The van der Waals surface area contributed by atoms with Crippen LogP contribution in [0.5, 0.6) is 0 Å². The number of allylic oxidation sites excluding steroid dienone is 1. The van der Waals surface area contributed by atoms with E-state index >= 15 is 0 Å². The zero-order valence-electron chi connectivity index (χ0n) is 17.5. The molecule has 10 heteroatoms. The minimum absolute atomic E-state index is 0.0280. The summed E-state index contributed by atoms with van der Waals surface area (Å²) in [5.74, 6) is -0.436. The molecule has 3 aliphatic heterocycles. The molecule has 9 atom stereocenters. The van der Waals surface area contributed by atoms with Crippen LogP contribution in [-0.2, 0) is 28.5 Å². The normalized spacial score (nSPS) is 38.1. The maximum Gasteiger partial charge on any atom is 0.308 e. The van der Waals surface area contributed by atoms with Crippen LogP contribution in [0.15, 0.2) is 10.2 Å². The fourth-order valence-electron chi connectivity index (χ4n) is 4.50. The lowest BCUT2D eigenvalue weighted by molar-refractivity contribution is -0.259. The summed E-state index contributed by atoms with van der Waals surface area (Å²) in [6.07, 6.45) is -3.00. The van der Waals surface area contributed by atoms with E-state index in [-0.39, 0.29) is 42.5 Å². The second kappa shape index (κ2) is 11.2. The molecule has 2 N–H and O–H groups in total. The molecule has 0 bridgehead atoms. The third-order valence-corrected chi connectivity index (χ3v) is 6.91. The Hall–Kier alpha value is -0.300. The summed E-state index contributed by atoms with van der Waals surface area (Å²) < 4.78 is 23.4. The maximum absolute atomic E-state index is 12.4. The fraction of sp³-hybridized carbons (Fsp3) is 0.810. The number of methoxy groups -OCH3 is 1. The number of fused-ring (bicyclic) bond motifs is 2. The Balaban J connectivity index is 1.54. The molecular formula is C21H30ClIO8. The second-order valence-electron chi connectivity index (χ2n) is 8.44. The number of halogens is 2. The van der Waals surface area contributed by atoms with Crippen LogP contribution in [0, 0.1) is 0 Å². The van der Waals surface area contributed by atoms with E-state index in [0.717, 1.165) is 3.58 Å². The first-order valence-electron chi connectivity index (χ1n) is 10.6. The van der Waals surface area contributed by atoms with Gasteiger partial charge in [-0.3, -0.25) is 9.59 Å². The van der Waals surface area contributed by atoms with Crippen molar-refractivity contribution in [3.8, 4) is 0 Å². The lowest BCUT2D eigenvalue weighted by atomic mass is 9.87. The highest BCUT2D eigenvalue weighted by atomic mass is 127. The minimum atomic E-state index is -1.03. The van der Waals surface area contributed by atoms with Crippen molar-refractivity contribution < 1.29 is 38.7 Å². The number of hydrogen-bond acceptors (Lipinski definition) is 8. The van der Waals surface area contributed by atoms with Crippen LogP contribution in [0.3, 0.4) is 0 Å². The monoisotopic (exact) mass is 572 g/mol. The van der Waals surface area contributed by atoms with Crippen LogP contribution >= 0.6 is 34.2 Å². The van der Waals surface area contributed by atoms with Crippen LogP contribution < -0.4 is 0 Å². The van der Waals surface area contributed by atoms with Crippen LogP contribution in [0.25, 0.3) is 0 Å². The van der Waals surface area contributed by atoms with Crippen molar-refractivity contribution >= 4 is 45.9 Å². The van der Waals surface area contributed by atoms with E-state index in [9.17, 15) is 19.8 Å². The van der Waals surface area contributed by atoms with Crippen molar-refractivity contribution in [3.63, 3.8) is 0 Å². The standard InChI is InChI=1S/C21H30ClIO8/c1-10(23)7-11(22)3-4-12(24)8-15-17(26)20-21(31-15)18(27)19-14(30-20)6-5-13(29-19)9-16(25)28-2/h11,13-15,17-21,26-27H,1,3-9H2,2H3/t11-,13-,14+,15+,17+,18+,19+,20?,21+/m1/s1. The SMILES string of the molecule is C=C(I)C[C@H](Cl)CCC(=O)C[C@@H]1O[C@@H]2C(O[C@H]3CC[C@H](CC(=O)OC)O[C@@H]3[C@@H]2O)[C@H]1O. The summed E-state index contributed by atoms with van der Waals surface area (Å²) in [6.45, 7) is 3.81. The lowest BCUT2D eigenvalue weighted by Gasteiger charge is -2.46. The third-order valence-electron chi connectivity index (χ3n) is 6.10. The topological polar surface area (TPSA) is 112 Å². The van der Waals surface area contributed by atoms with Gasteiger partial charge in [0.15, 0.2) is 0 Å². The number of rotatable bonds is 9. The summed E-state index contributed by atoms with van der Waals surface area (Å²) >= 11 is 8.32. The quantitative estimate of drug-likeness (QED) is 0.245. The van der Waals surface area contributed by atoms with Crippen LogP contribution in [-0.4, -0.2) is 83.3 Å². The molecule has 31 heavy (non-hydrogen) atoms. The molecule has 1 unspecified atom stereocenters. The van der Waals surface area contributed by atoms with Crippen molar-refractivity contribution in [2.75, 3.05) is 7.11 Å². The van der Waals surface area contributed by atoms with Gasteiger partial charge in [0.2, 0.25) is 0 Å². The Kier molecular flexibility index (Phi) is 9.16. The van der Waals surface area contributed by atoms with Crippen LogP contribution in [0.2, 0.25) is 0 Å². The molecule has 0 aliphatic carbocycles. The highest BCUT2D eigenvalue weighted by Crippen LogP contribution is 2.40. The van der Waals surface area contributed by atoms with Crippen molar-refractivity contribution in [2.24, 2.45) is 0 Å². The molecule has 3 saturated heterocycles. The average molecular weight is 573 g/mol. The molecule has 0 spiro atoms. The Morgan fingerprint density at radius 2 is 1.84 bits per heavy atom. The molecule has 8 nitrogen and oxygen atoms in total. The molecule has 3 aliphatic rings. The zero-order valence-corrected chi connectivity index (χ0v) is 20.4. The summed E-state index contributed by atoms with van der Waals surface area (Å²) in [5, 5.41) is 21.4. The van der Waals surface area contributed by atoms with Crippen molar-refractivity contribution in [2.45, 2.75) is 99.2 Å². The van der Waals surface area contributed by atoms with Gasteiger partial charge < -0.3 is 29.2 Å². The molecule has 0 aromatic rings. The van der Waals surface area contributed by atoms with Gasteiger partial charge in [-0.05, 0) is 51.9 Å². The Bertz CT molecular complexity index is 676. The van der Waals surface area contributed by atoms with E-state index in [1.54, 1.807) is 0 Å². The summed E-state index contributed by atoms with van der Waals surface area (Å²) in [5.41, 5.74) is 0. The summed E-state index contributed by atoms with van der Waals surface area (Å²) in [4.78, 5) is 23.9. The van der Waals surface area contributed by atoms with E-state index in [1.807, 2.05) is 0 Å². The van der Waals surface area contributed by atoms with Gasteiger partial charge in [0.1, 0.15) is 36.3 Å². The van der Waals surface area contributed by atoms with Gasteiger partial charge in [-0.15, -0.1) is 11.6 Å². The van der Waals surface area contributed by atoms with Gasteiger partial charge in [0.25, 0.3) is 0 Å². The minimum Gasteiger partial charge on any atom is -0.469 e. The number of carbonyl (C=O) groups is 2. The number of carbonyl (C=O) groups excluding carboxylic acids is 2. The Morgan fingerprint density at radius 3 is 2.52 bits per heavy atom. The first-order chi connectivity index (χ1) is 14.7. The van der Waals surface area contributed by atoms with Crippen LogP contribution in [0.4, 0.5) is 0 Å². The van der Waals surface area contributed by atoms with Crippen molar-refractivity contribution in [3.05, 3.63) is 10.2 Å². The maximum atomic E-state index is 12.4. The molecule has 3 rings (SSSR count). The number of Topliss-reactive ketones (excluding diaryl/α,β-unsaturated/α-hetero) is 1.